The number of hydrogen-bond donors (Lipinski definition) is 0. The van der Waals surface area contributed by atoms with Crippen LogP contribution in [0.25, 0.3) is 6.08 Å². The van der Waals surface area contributed by atoms with Crippen LogP contribution in [0.1, 0.15) is 48.4 Å². The maximum absolute atomic E-state index is 13.4. The third-order valence-electron chi connectivity index (χ3n) is 7.24. The average molecular weight is 551 g/mol. The Balaban J connectivity index is 1.72. The molecule has 38 heavy (non-hydrogen) atoms. The van der Waals surface area contributed by atoms with Crippen LogP contribution in [0.2, 0.25) is 0 Å². The van der Waals surface area contributed by atoms with Crippen molar-refractivity contribution in [3.05, 3.63) is 67.8 Å². The molecule has 1 aromatic heterocycles. The average Bonchev–Trinajstić information content (AvgIpc) is 3.19. The number of benzene rings is 1. The lowest BCUT2D eigenvalue weighted by Gasteiger charge is -2.36. The number of ether oxygens (including phenoxy) is 1. The van der Waals surface area contributed by atoms with Gasteiger partial charge in [-0.05, 0) is 55.7 Å². The predicted molar refractivity (Wildman–Crippen MR) is 157 cm³/mol. The summed E-state index contributed by atoms with van der Waals surface area (Å²) in [5, 5.41) is 9.87. The van der Waals surface area contributed by atoms with Crippen LogP contribution < -0.4 is 10.5 Å². The summed E-state index contributed by atoms with van der Waals surface area (Å²) in [5.74, 6) is 1.20. The van der Waals surface area contributed by atoms with Gasteiger partial charge in [0, 0.05) is 32.3 Å². The van der Waals surface area contributed by atoms with Gasteiger partial charge in [0.15, 0.2) is 0 Å². The fourth-order valence-corrected chi connectivity index (χ4v) is 6.51. The van der Waals surface area contributed by atoms with Crippen molar-refractivity contribution in [2.45, 2.75) is 46.1 Å². The van der Waals surface area contributed by atoms with Crippen LogP contribution in [0.5, 0.6) is 0 Å². The number of anilines is 1. The van der Waals surface area contributed by atoms with Crippen LogP contribution in [0.4, 0.5) is 5.82 Å². The molecule has 2 aliphatic rings. The molecule has 0 aliphatic carbocycles. The number of nitriles is 1. The van der Waals surface area contributed by atoms with Gasteiger partial charge < -0.3 is 9.64 Å². The Morgan fingerprint density at radius 3 is 2.53 bits per heavy atom. The molecule has 0 N–H and O–H groups in total. The molecule has 2 aliphatic heterocycles. The molecule has 0 bridgehead atoms. The van der Waals surface area contributed by atoms with Gasteiger partial charge in [0.1, 0.15) is 21.8 Å². The number of piperidine rings is 1. The highest BCUT2D eigenvalue weighted by atomic mass is 32.2. The third kappa shape index (κ3) is 5.88. The first kappa shape index (κ1) is 28.1. The van der Waals surface area contributed by atoms with E-state index < -0.39 is 0 Å². The highest BCUT2D eigenvalue weighted by Gasteiger charge is 2.33. The first-order valence-electron chi connectivity index (χ1n) is 13.1. The number of pyridine rings is 1. The summed E-state index contributed by atoms with van der Waals surface area (Å²) in [7, 11) is 1.59. The monoisotopic (exact) mass is 550 g/mol. The zero-order valence-corrected chi connectivity index (χ0v) is 23.9. The number of methoxy groups -OCH3 is 1. The number of aromatic nitrogens is 1. The number of rotatable bonds is 9. The number of carbonyl (C=O) groups excluding carboxylic acids is 1. The van der Waals surface area contributed by atoms with Gasteiger partial charge in [-0.15, -0.1) is 0 Å². The van der Waals surface area contributed by atoms with Gasteiger partial charge in [-0.1, -0.05) is 61.2 Å². The van der Waals surface area contributed by atoms with E-state index in [2.05, 4.69) is 35.2 Å². The molecule has 3 heterocycles. The minimum atomic E-state index is -0.266. The lowest BCUT2D eigenvalue weighted by molar-refractivity contribution is -0.122. The van der Waals surface area contributed by atoms with E-state index in [0.717, 1.165) is 50.2 Å². The molecule has 9 heteroatoms. The van der Waals surface area contributed by atoms with Crippen LogP contribution in [-0.4, -0.2) is 53.0 Å². The van der Waals surface area contributed by atoms with Crippen molar-refractivity contribution < 1.29 is 9.53 Å². The number of amides is 1. The molecular formula is C29H34N4O3S2. The fourth-order valence-electron chi connectivity index (χ4n) is 5.22. The van der Waals surface area contributed by atoms with Crippen LogP contribution in [0.3, 0.4) is 0 Å². The number of nitrogens with zero attached hydrogens (tertiary/aromatic N) is 4. The van der Waals surface area contributed by atoms with Gasteiger partial charge in [-0.3, -0.25) is 19.1 Å². The Bertz CT molecular complexity index is 1320. The SMILES string of the molecule is CCCn1c(N2CCC(Cc3ccccc3)CC2)c(/C=C2/SC(=S)N(CCOC)C2=O)c(C)c(C#N)c1=O. The zero-order chi connectivity index (χ0) is 27.2. The normalized spacial score (nSPS) is 17.5. The molecule has 0 radical (unpaired) electrons. The topological polar surface area (TPSA) is 78.6 Å². The summed E-state index contributed by atoms with van der Waals surface area (Å²) in [6.07, 6.45) is 5.64. The summed E-state index contributed by atoms with van der Waals surface area (Å²) in [5.41, 5.74) is 2.57. The Kier molecular flexibility index (Phi) is 9.42. The third-order valence-corrected chi connectivity index (χ3v) is 8.62. The van der Waals surface area contributed by atoms with E-state index in [1.54, 1.807) is 23.5 Å². The molecule has 7 nitrogen and oxygen atoms in total. The van der Waals surface area contributed by atoms with E-state index in [4.69, 9.17) is 17.0 Å². The van der Waals surface area contributed by atoms with Crippen molar-refractivity contribution in [1.29, 1.82) is 5.26 Å². The minimum Gasteiger partial charge on any atom is -0.383 e. The molecule has 200 valence electrons. The maximum Gasteiger partial charge on any atom is 0.270 e. The Hall–Kier alpha value is -2.93. The first-order valence-corrected chi connectivity index (χ1v) is 14.3. The molecule has 2 aromatic rings. The maximum atomic E-state index is 13.4. The number of thioether (sulfide) groups is 1. The predicted octanol–water partition coefficient (Wildman–Crippen LogP) is 4.75. The van der Waals surface area contributed by atoms with Crippen LogP contribution in [0, 0.1) is 24.2 Å². The molecule has 2 saturated heterocycles. The lowest BCUT2D eigenvalue weighted by atomic mass is 9.90. The van der Waals surface area contributed by atoms with Crippen molar-refractivity contribution in [1.82, 2.24) is 9.47 Å². The second kappa shape index (κ2) is 12.7. The Labute approximate surface area is 234 Å². The van der Waals surface area contributed by atoms with Crippen LogP contribution in [-0.2, 0) is 22.5 Å². The van der Waals surface area contributed by atoms with Gasteiger partial charge in [0.05, 0.1) is 18.1 Å². The lowest BCUT2D eigenvalue weighted by Crippen LogP contribution is -2.40. The second-order valence-corrected chi connectivity index (χ2v) is 11.4. The molecule has 1 aromatic carbocycles. The van der Waals surface area contributed by atoms with Crippen molar-refractivity contribution in [3.63, 3.8) is 0 Å². The highest BCUT2D eigenvalue weighted by molar-refractivity contribution is 8.26. The number of hydrogen-bond acceptors (Lipinski definition) is 7. The van der Waals surface area contributed by atoms with Crippen LogP contribution in [0.15, 0.2) is 40.0 Å². The molecule has 1 amide bonds. The summed E-state index contributed by atoms with van der Waals surface area (Å²) in [6.45, 7) is 6.72. The number of carbonyl (C=O) groups is 1. The molecule has 0 saturated carbocycles. The molecule has 0 spiro atoms. The second-order valence-electron chi connectivity index (χ2n) is 9.75. The molecule has 2 fully saturated rings. The van der Waals surface area contributed by atoms with Crippen molar-refractivity contribution in [2.75, 3.05) is 38.3 Å². The Morgan fingerprint density at radius 2 is 1.89 bits per heavy atom. The molecule has 0 unspecified atom stereocenters. The van der Waals surface area contributed by atoms with Gasteiger partial charge >= 0.3 is 0 Å². The molecule has 4 rings (SSSR count). The first-order chi connectivity index (χ1) is 18.4. The molecule has 0 atom stereocenters. The van der Waals surface area contributed by atoms with Crippen molar-refractivity contribution in [3.8, 4) is 6.07 Å². The van der Waals surface area contributed by atoms with Gasteiger partial charge in [0.2, 0.25) is 0 Å². The van der Waals surface area contributed by atoms with Crippen molar-refractivity contribution >= 4 is 46.1 Å². The van der Waals surface area contributed by atoms with E-state index in [9.17, 15) is 14.9 Å². The Morgan fingerprint density at radius 1 is 1.18 bits per heavy atom. The largest absolute Gasteiger partial charge is 0.383 e. The standard InChI is InChI=1S/C29H34N4O3S2/c1-4-12-32-26(31-13-10-22(11-14-31)17-21-8-6-5-7-9-21)23(20(2)24(19-30)27(32)34)18-25-28(35)33(15-16-36-3)29(37)38-25/h5-9,18,22H,4,10-17H2,1-3H3/b25-18+. The smallest absolute Gasteiger partial charge is 0.270 e. The van der Waals surface area contributed by atoms with Gasteiger partial charge in [-0.2, -0.15) is 5.26 Å². The van der Waals surface area contributed by atoms with Crippen LogP contribution >= 0.6 is 24.0 Å². The van der Waals surface area contributed by atoms with E-state index in [1.807, 2.05) is 19.1 Å². The highest BCUT2D eigenvalue weighted by Crippen LogP contribution is 2.37. The molecular weight excluding hydrogens is 516 g/mol. The van der Waals surface area contributed by atoms with Crippen molar-refractivity contribution in [2.24, 2.45) is 5.92 Å². The summed E-state index contributed by atoms with van der Waals surface area (Å²) in [6, 6.07) is 12.7. The van der Waals surface area contributed by atoms with E-state index in [1.165, 1.54) is 17.3 Å². The summed E-state index contributed by atoms with van der Waals surface area (Å²) in [4.78, 5) is 31.0. The quantitative estimate of drug-likeness (QED) is 0.330. The van der Waals surface area contributed by atoms with Gasteiger partial charge in [0.25, 0.3) is 11.5 Å². The minimum absolute atomic E-state index is 0.127. The van der Waals surface area contributed by atoms with Gasteiger partial charge in [-0.25, -0.2) is 0 Å². The van der Waals surface area contributed by atoms with E-state index in [0.29, 0.717) is 40.4 Å². The zero-order valence-electron chi connectivity index (χ0n) is 22.2. The van der Waals surface area contributed by atoms with E-state index >= 15 is 0 Å². The summed E-state index contributed by atoms with van der Waals surface area (Å²) >= 11 is 6.73. The fraction of sp³-hybridized carbons (Fsp3) is 0.448. The summed E-state index contributed by atoms with van der Waals surface area (Å²) < 4.78 is 7.36. The number of thiocarbonyl (C=S) groups is 1. The van der Waals surface area contributed by atoms with E-state index in [-0.39, 0.29) is 17.0 Å².